The molecule has 0 N–H and O–H groups in total. The van der Waals surface area contributed by atoms with Gasteiger partial charge in [0.1, 0.15) is 0 Å². The van der Waals surface area contributed by atoms with Gasteiger partial charge in [-0.1, -0.05) is 59.1 Å². The minimum absolute atomic E-state index is 0.640. The summed E-state index contributed by atoms with van der Waals surface area (Å²) in [5.74, 6) is 2.00. The second-order valence-corrected chi connectivity index (χ2v) is 7.89. The Labute approximate surface area is 176 Å². The lowest BCUT2D eigenvalue weighted by molar-refractivity contribution is 1.07. The molecule has 0 fully saturated rings. The smallest absolute Gasteiger partial charge is 0.164 e. The summed E-state index contributed by atoms with van der Waals surface area (Å²) in [5.41, 5.74) is 7.66. The Kier molecular flexibility index (Phi) is 5.16. The Morgan fingerprint density at radius 2 is 1.00 bits per heavy atom. The summed E-state index contributed by atoms with van der Waals surface area (Å²) in [6.45, 7) is 8.35. The molecule has 144 valence electrons. The first kappa shape index (κ1) is 19.3. The van der Waals surface area contributed by atoms with Crippen LogP contribution in [-0.2, 0) is 0 Å². The Morgan fingerprint density at radius 3 is 1.45 bits per heavy atom. The van der Waals surface area contributed by atoms with Gasteiger partial charge >= 0.3 is 0 Å². The van der Waals surface area contributed by atoms with Crippen LogP contribution in [-0.4, -0.2) is 15.0 Å². The van der Waals surface area contributed by atoms with Crippen LogP contribution in [0.15, 0.2) is 60.7 Å². The molecule has 0 amide bonds. The normalized spacial score (nSPS) is 10.9. The first-order valence-corrected chi connectivity index (χ1v) is 9.96. The zero-order chi connectivity index (χ0) is 20.5. The van der Waals surface area contributed by atoms with Gasteiger partial charge in [-0.05, 0) is 63.1 Å². The molecular weight excluding hydrogens is 378 g/mol. The summed E-state index contributed by atoms with van der Waals surface area (Å²) < 4.78 is 0. The zero-order valence-corrected chi connectivity index (χ0v) is 17.7. The van der Waals surface area contributed by atoms with Gasteiger partial charge in [0.25, 0.3) is 0 Å². The van der Waals surface area contributed by atoms with Gasteiger partial charge in [0.2, 0.25) is 0 Å². The van der Waals surface area contributed by atoms with E-state index in [4.69, 9.17) is 26.6 Å². The van der Waals surface area contributed by atoms with Crippen molar-refractivity contribution in [1.82, 2.24) is 15.0 Å². The number of benzene rings is 3. The molecule has 3 nitrogen and oxygen atoms in total. The number of rotatable bonds is 3. The van der Waals surface area contributed by atoms with Gasteiger partial charge in [-0.3, -0.25) is 0 Å². The van der Waals surface area contributed by atoms with E-state index in [0.717, 1.165) is 27.8 Å². The Hall–Kier alpha value is -3.04. The summed E-state index contributed by atoms with van der Waals surface area (Å²) >= 11 is 6.07. The summed E-state index contributed by atoms with van der Waals surface area (Å²) in [6, 6.07) is 20.2. The van der Waals surface area contributed by atoms with Crippen LogP contribution in [0.5, 0.6) is 0 Å². The Balaban J connectivity index is 1.95. The van der Waals surface area contributed by atoms with Crippen LogP contribution in [0, 0.1) is 27.7 Å². The molecule has 1 heterocycles. The van der Waals surface area contributed by atoms with Crippen molar-refractivity contribution in [3.63, 3.8) is 0 Å². The zero-order valence-electron chi connectivity index (χ0n) is 17.0. The number of hydrogen-bond donors (Lipinski definition) is 0. The van der Waals surface area contributed by atoms with E-state index in [9.17, 15) is 0 Å². The molecule has 0 saturated heterocycles. The third-order valence-electron chi connectivity index (χ3n) is 4.98. The lowest BCUT2D eigenvalue weighted by Gasteiger charge is -2.12. The third-order valence-corrected chi connectivity index (χ3v) is 5.24. The van der Waals surface area contributed by atoms with Crippen molar-refractivity contribution in [2.24, 2.45) is 0 Å². The van der Waals surface area contributed by atoms with Crippen LogP contribution < -0.4 is 0 Å². The van der Waals surface area contributed by atoms with Crippen molar-refractivity contribution in [3.05, 3.63) is 87.9 Å². The maximum absolute atomic E-state index is 6.07. The summed E-state index contributed by atoms with van der Waals surface area (Å²) in [5, 5.41) is 0.687. The first-order chi connectivity index (χ1) is 13.9. The van der Waals surface area contributed by atoms with Crippen molar-refractivity contribution in [2.45, 2.75) is 27.7 Å². The predicted octanol–water partition coefficient (Wildman–Crippen LogP) is 6.76. The maximum atomic E-state index is 6.07. The van der Waals surface area contributed by atoms with Crippen LogP contribution in [0.2, 0.25) is 5.02 Å². The lowest BCUT2D eigenvalue weighted by Crippen LogP contribution is -2.02. The van der Waals surface area contributed by atoms with E-state index in [0.29, 0.717) is 22.5 Å². The fourth-order valence-electron chi connectivity index (χ4n) is 3.47. The molecule has 0 unspecified atom stereocenters. The van der Waals surface area contributed by atoms with E-state index in [1.54, 1.807) is 0 Å². The maximum Gasteiger partial charge on any atom is 0.164 e. The molecule has 1 aromatic heterocycles. The van der Waals surface area contributed by atoms with E-state index in [1.165, 1.54) is 11.1 Å². The minimum Gasteiger partial charge on any atom is -0.208 e. The molecule has 0 bridgehead atoms. The SMILES string of the molecule is Cc1ccc(-c2nc(-c3ccc(Cl)cc3)nc(-c3ccc(C)cc3C)n2)c(C)c1. The lowest BCUT2D eigenvalue weighted by atomic mass is 10.0. The van der Waals surface area contributed by atoms with Crippen molar-refractivity contribution in [1.29, 1.82) is 0 Å². The van der Waals surface area contributed by atoms with Gasteiger partial charge in [0.05, 0.1) is 0 Å². The molecule has 0 radical (unpaired) electrons. The van der Waals surface area contributed by atoms with E-state index >= 15 is 0 Å². The fourth-order valence-corrected chi connectivity index (χ4v) is 3.60. The van der Waals surface area contributed by atoms with Crippen LogP contribution in [0.4, 0.5) is 0 Å². The van der Waals surface area contributed by atoms with Crippen molar-refractivity contribution < 1.29 is 0 Å². The van der Waals surface area contributed by atoms with Crippen LogP contribution in [0.1, 0.15) is 22.3 Å². The molecule has 0 aliphatic carbocycles. The molecule has 0 atom stereocenters. The highest BCUT2D eigenvalue weighted by molar-refractivity contribution is 6.30. The van der Waals surface area contributed by atoms with Gasteiger partial charge < -0.3 is 0 Å². The predicted molar refractivity (Wildman–Crippen MR) is 120 cm³/mol. The van der Waals surface area contributed by atoms with Gasteiger partial charge in [-0.2, -0.15) is 0 Å². The van der Waals surface area contributed by atoms with E-state index in [1.807, 2.05) is 24.3 Å². The van der Waals surface area contributed by atoms with E-state index in [-0.39, 0.29) is 0 Å². The molecular formula is C25H22ClN3. The molecule has 4 heteroatoms. The highest BCUT2D eigenvalue weighted by Gasteiger charge is 2.15. The molecule has 0 aliphatic rings. The summed E-state index contributed by atoms with van der Waals surface area (Å²) in [4.78, 5) is 14.5. The minimum atomic E-state index is 0.640. The average Bonchev–Trinajstić information content (AvgIpc) is 2.68. The molecule has 29 heavy (non-hydrogen) atoms. The van der Waals surface area contributed by atoms with Gasteiger partial charge in [-0.25, -0.2) is 15.0 Å². The Bertz CT molecular complexity index is 1130. The molecule has 0 spiro atoms. The second-order valence-electron chi connectivity index (χ2n) is 7.45. The van der Waals surface area contributed by atoms with Crippen LogP contribution in [0.25, 0.3) is 34.2 Å². The van der Waals surface area contributed by atoms with Gasteiger partial charge in [0, 0.05) is 21.7 Å². The quantitative estimate of drug-likeness (QED) is 0.382. The fraction of sp³-hybridized carbons (Fsp3) is 0.160. The molecule has 4 aromatic rings. The molecule has 0 saturated carbocycles. The van der Waals surface area contributed by atoms with Gasteiger partial charge in [-0.15, -0.1) is 0 Å². The van der Waals surface area contributed by atoms with Crippen molar-refractivity contribution >= 4 is 11.6 Å². The van der Waals surface area contributed by atoms with Gasteiger partial charge in [0.15, 0.2) is 17.5 Å². The van der Waals surface area contributed by atoms with Crippen LogP contribution >= 0.6 is 11.6 Å². The largest absolute Gasteiger partial charge is 0.208 e. The number of nitrogens with zero attached hydrogens (tertiary/aromatic N) is 3. The van der Waals surface area contributed by atoms with Crippen LogP contribution in [0.3, 0.4) is 0 Å². The second kappa shape index (κ2) is 7.76. The monoisotopic (exact) mass is 399 g/mol. The third kappa shape index (κ3) is 4.06. The van der Waals surface area contributed by atoms with Crippen molar-refractivity contribution in [2.75, 3.05) is 0 Å². The summed E-state index contributed by atoms with van der Waals surface area (Å²) in [7, 11) is 0. The number of hydrogen-bond acceptors (Lipinski definition) is 3. The van der Waals surface area contributed by atoms with E-state index in [2.05, 4.69) is 64.1 Å². The number of aryl methyl sites for hydroxylation is 4. The summed E-state index contributed by atoms with van der Waals surface area (Å²) in [6.07, 6.45) is 0. The number of aromatic nitrogens is 3. The number of halogens is 1. The molecule has 3 aromatic carbocycles. The van der Waals surface area contributed by atoms with Crippen molar-refractivity contribution in [3.8, 4) is 34.2 Å². The standard InChI is InChI=1S/C25H22ClN3/c1-15-5-11-21(17(3)13-15)24-27-23(19-7-9-20(26)10-8-19)28-25(29-24)22-12-6-16(2)14-18(22)4/h5-14H,1-4H3. The first-order valence-electron chi connectivity index (χ1n) is 9.58. The highest BCUT2D eigenvalue weighted by atomic mass is 35.5. The van der Waals surface area contributed by atoms with E-state index < -0.39 is 0 Å². The Morgan fingerprint density at radius 1 is 0.552 bits per heavy atom. The molecule has 4 rings (SSSR count). The molecule has 0 aliphatic heterocycles. The highest BCUT2D eigenvalue weighted by Crippen LogP contribution is 2.29. The topological polar surface area (TPSA) is 38.7 Å². The average molecular weight is 400 g/mol.